The molecule has 2 heteroatoms. The minimum Gasteiger partial charge on any atom is -0.483 e. The van der Waals surface area contributed by atoms with Gasteiger partial charge in [-0.05, 0) is 107 Å². The molecule has 0 bridgehead atoms. The van der Waals surface area contributed by atoms with Gasteiger partial charge in [-0.3, -0.25) is 0 Å². The predicted molar refractivity (Wildman–Crippen MR) is 200 cm³/mol. The molecule has 0 aromatic heterocycles. The first-order valence-corrected chi connectivity index (χ1v) is 17.0. The molecule has 6 aromatic rings. The molecule has 0 radical (unpaired) electrons. The molecule has 1 aliphatic carbocycles. The largest absolute Gasteiger partial charge is 0.483 e. The Morgan fingerprint density at radius 1 is 0.396 bits per heavy atom. The Bertz CT molecular complexity index is 2230. The topological polar surface area (TPSA) is 18.5 Å². The highest BCUT2D eigenvalue weighted by atomic mass is 16.5. The van der Waals surface area contributed by atoms with E-state index in [4.69, 9.17) is 9.47 Å². The van der Waals surface area contributed by atoms with Crippen LogP contribution in [0.25, 0.3) is 55.6 Å². The molecule has 1 heterocycles. The van der Waals surface area contributed by atoms with Gasteiger partial charge >= 0.3 is 0 Å². The van der Waals surface area contributed by atoms with Crippen molar-refractivity contribution >= 4 is 0 Å². The Morgan fingerprint density at radius 2 is 0.812 bits per heavy atom. The van der Waals surface area contributed by atoms with Crippen molar-refractivity contribution < 1.29 is 9.47 Å². The Labute approximate surface area is 285 Å². The predicted octanol–water partition coefficient (Wildman–Crippen LogP) is 12.6. The highest BCUT2D eigenvalue weighted by Gasteiger charge is 2.38. The number of benzene rings is 6. The van der Waals surface area contributed by atoms with Gasteiger partial charge in [0.25, 0.3) is 0 Å². The molecule has 0 unspecified atom stereocenters. The van der Waals surface area contributed by atoms with E-state index in [1.807, 2.05) is 6.07 Å². The Balaban J connectivity index is 1.46. The zero-order valence-corrected chi connectivity index (χ0v) is 28.9. The van der Waals surface area contributed by atoms with E-state index in [1.165, 1.54) is 55.6 Å². The number of para-hydroxylation sites is 2. The summed E-state index contributed by atoms with van der Waals surface area (Å²) >= 11 is 0. The number of fused-ring (bicyclic) bond motifs is 10. The molecule has 6 aromatic carbocycles. The molecule has 8 rings (SSSR count). The van der Waals surface area contributed by atoms with E-state index in [2.05, 4.69) is 170 Å². The van der Waals surface area contributed by atoms with Crippen LogP contribution in [0.3, 0.4) is 0 Å². The Kier molecular flexibility index (Phi) is 6.76. The normalized spacial score (nSPS) is 15.2. The molecule has 1 aliphatic heterocycles. The summed E-state index contributed by atoms with van der Waals surface area (Å²) in [5, 5.41) is 0. The van der Waals surface area contributed by atoms with Crippen LogP contribution in [-0.4, -0.2) is 0 Å². The maximum Gasteiger partial charge on any atom is 0.135 e. The van der Waals surface area contributed by atoms with Crippen molar-refractivity contribution in [2.75, 3.05) is 0 Å². The van der Waals surface area contributed by atoms with E-state index < -0.39 is 11.2 Å². The SMILES string of the molecule is CC(C)(C)c1cc2c(cc1-c1cccc3c1OC(C)(C)c1ccccc1OC3(C)C)-c1ccccc1-c1ccccc1-c1ccccc1-2. The van der Waals surface area contributed by atoms with Gasteiger partial charge in [0, 0.05) is 16.7 Å². The van der Waals surface area contributed by atoms with E-state index in [0.29, 0.717) is 0 Å². The molecule has 2 nitrogen and oxygen atoms in total. The van der Waals surface area contributed by atoms with Gasteiger partial charge in [-0.1, -0.05) is 130 Å². The van der Waals surface area contributed by atoms with Gasteiger partial charge in [-0.15, -0.1) is 0 Å². The zero-order valence-electron chi connectivity index (χ0n) is 28.9. The third-order valence-corrected chi connectivity index (χ3v) is 10.1. The molecule has 0 spiro atoms. The van der Waals surface area contributed by atoms with Crippen LogP contribution in [0.5, 0.6) is 11.5 Å². The summed E-state index contributed by atoms with van der Waals surface area (Å²) in [6, 6.07) is 46.3. The summed E-state index contributed by atoms with van der Waals surface area (Å²) in [4.78, 5) is 0. The van der Waals surface area contributed by atoms with Gasteiger partial charge in [-0.2, -0.15) is 0 Å². The molecule has 48 heavy (non-hydrogen) atoms. The molecule has 0 atom stereocenters. The third-order valence-electron chi connectivity index (χ3n) is 10.1. The van der Waals surface area contributed by atoms with Crippen LogP contribution < -0.4 is 9.47 Å². The molecule has 0 saturated heterocycles. The van der Waals surface area contributed by atoms with Crippen molar-refractivity contribution in [3.8, 4) is 67.1 Å². The lowest BCUT2D eigenvalue weighted by Gasteiger charge is -2.39. The van der Waals surface area contributed by atoms with Gasteiger partial charge in [0.15, 0.2) is 0 Å². The highest BCUT2D eigenvalue weighted by molar-refractivity contribution is 6.04. The first kappa shape index (κ1) is 30.3. The maximum absolute atomic E-state index is 7.22. The monoisotopic (exact) mass is 626 g/mol. The first-order chi connectivity index (χ1) is 22.9. The molecule has 2 aliphatic rings. The number of hydrogen-bond acceptors (Lipinski definition) is 2. The van der Waals surface area contributed by atoms with E-state index in [-0.39, 0.29) is 5.41 Å². The summed E-state index contributed by atoms with van der Waals surface area (Å²) < 4.78 is 14.1. The minimum atomic E-state index is -0.626. The molecular formula is C46H42O2. The lowest BCUT2D eigenvalue weighted by Crippen LogP contribution is -2.35. The lowest BCUT2D eigenvalue weighted by molar-refractivity contribution is 0.0527. The van der Waals surface area contributed by atoms with E-state index >= 15 is 0 Å². The minimum absolute atomic E-state index is 0.155. The van der Waals surface area contributed by atoms with Crippen LogP contribution in [-0.2, 0) is 16.6 Å². The van der Waals surface area contributed by atoms with E-state index in [9.17, 15) is 0 Å². The van der Waals surface area contributed by atoms with Crippen LogP contribution in [0.2, 0.25) is 0 Å². The number of ether oxygens (including phenoxy) is 2. The van der Waals surface area contributed by atoms with Gasteiger partial charge in [0.2, 0.25) is 0 Å². The van der Waals surface area contributed by atoms with Crippen LogP contribution >= 0.6 is 0 Å². The number of hydrogen-bond donors (Lipinski definition) is 0. The molecule has 0 saturated carbocycles. The fraction of sp³-hybridized carbons (Fsp3) is 0.217. The molecule has 0 N–H and O–H groups in total. The quantitative estimate of drug-likeness (QED) is 0.180. The van der Waals surface area contributed by atoms with Gasteiger partial charge in [0.05, 0.1) is 0 Å². The number of rotatable bonds is 1. The second-order valence-corrected chi connectivity index (χ2v) is 15.2. The molecule has 0 amide bonds. The fourth-order valence-electron chi connectivity index (χ4n) is 7.77. The molecule has 0 fully saturated rings. The van der Waals surface area contributed by atoms with Crippen molar-refractivity contribution in [1.82, 2.24) is 0 Å². The summed E-state index contributed by atoms with van der Waals surface area (Å²) in [5.41, 5.74) is 14.2. The van der Waals surface area contributed by atoms with Crippen molar-refractivity contribution in [2.24, 2.45) is 0 Å². The average Bonchev–Trinajstić information content (AvgIpc) is 3.06. The van der Waals surface area contributed by atoms with Crippen molar-refractivity contribution in [3.05, 3.63) is 144 Å². The third kappa shape index (κ3) is 4.77. The second kappa shape index (κ2) is 10.7. The van der Waals surface area contributed by atoms with Gasteiger partial charge < -0.3 is 9.47 Å². The Morgan fingerprint density at radius 3 is 1.35 bits per heavy atom. The summed E-state index contributed by atoms with van der Waals surface area (Å²) in [6.07, 6.45) is 0. The van der Waals surface area contributed by atoms with Crippen LogP contribution in [0.4, 0.5) is 0 Å². The Hall–Kier alpha value is -5.08. The first-order valence-electron chi connectivity index (χ1n) is 17.0. The highest BCUT2D eigenvalue weighted by Crippen LogP contribution is 2.53. The molecular weight excluding hydrogens is 585 g/mol. The summed E-state index contributed by atoms with van der Waals surface area (Å²) in [6.45, 7) is 15.5. The standard InChI is InChI=1S/C46H42O2/c1-44(2,3)41-28-37-34-22-13-11-20-32(34)30-18-9-8-17-29(30)31-19-10-12-21-33(31)36(37)27-38(41)35-23-16-25-40-43(35)48-45(4,5)39-24-14-15-26-42(39)47-46(40,6)7/h8-28H,1-7H3. The van der Waals surface area contributed by atoms with Crippen molar-refractivity contribution in [2.45, 2.75) is 65.1 Å². The lowest BCUT2D eigenvalue weighted by atomic mass is 9.74. The van der Waals surface area contributed by atoms with Gasteiger partial charge in [0.1, 0.15) is 22.7 Å². The smallest absolute Gasteiger partial charge is 0.135 e. The van der Waals surface area contributed by atoms with Crippen molar-refractivity contribution in [1.29, 1.82) is 0 Å². The van der Waals surface area contributed by atoms with Gasteiger partial charge in [-0.25, -0.2) is 0 Å². The van der Waals surface area contributed by atoms with Crippen LogP contribution in [0.1, 0.15) is 65.2 Å². The summed E-state index contributed by atoms with van der Waals surface area (Å²) in [7, 11) is 0. The molecule has 238 valence electrons. The maximum atomic E-state index is 7.22. The van der Waals surface area contributed by atoms with E-state index in [0.717, 1.165) is 28.2 Å². The average molecular weight is 627 g/mol. The van der Waals surface area contributed by atoms with Crippen LogP contribution in [0, 0.1) is 0 Å². The second-order valence-electron chi connectivity index (χ2n) is 15.2. The van der Waals surface area contributed by atoms with Crippen LogP contribution in [0.15, 0.2) is 127 Å². The van der Waals surface area contributed by atoms with Crippen molar-refractivity contribution in [3.63, 3.8) is 0 Å². The zero-order chi connectivity index (χ0) is 33.4. The summed E-state index contributed by atoms with van der Waals surface area (Å²) in [5.74, 6) is 1.73. The van der Waals surface area contributed by atoms with E-state index in [1.54, 1.807) is 0 Å². The fourth-order valence-corrected chi connectivity index (χ4v) is 7.77.